The van der Waals surface area contributed by atoms with Crippen LogP contribution in [0.5, 0.6) is 0 Å². The number of para-hydroxylation sites is 1. The minimum Gasteiger partial charge on any atom is -0.479 e. The fourth-order valence-electron chi connectivity index (χ4n) is 1.74. The predicted molar refractivity (Wildman–Crippen MR) is 63.6 cm³/mol. The second-order valence-electron chi connectivity index (χ2n) is 4.06. The number of carbonyl (C=O) groups is 1. The molecule has 0 aromatic heterocycles. The maximum Gasteiger partial charge on any atom is 0.348 e. The SMILES string of the molecule is O=C(O)C1(F)C=CC(F)=CC1Nc1ccccc1F. The van der Waals surface area contributed by atoms with Crippen LogP contribution in [0.1, 0.15) is 0 Å². The number of nitrogens with one attached hydrogen (secondary N) is 1. The van der Waals surface area contributed by atoms with Crippen molar-refractivity contribution in [1.29, 1.82) is 0 Å². The first-order chi connectivity index (χ1) is 8.93. The summed E-state index contributed by atoms with van der Waals surface area (Å²) in [7, 11) is 0. The number of carboxylic acids is 1. The number of anilines is 1. The number of rotatable bonds is 3. The molecule has 0 fully saturated rings. The maximum absolute atomic E-state index is 14.3. The summed E-state index contributed by atoms with van der Waals surface area (Å²) in [5.74, 6) is -3.25. The number of hydrogen-bond acceptors (Lipinski definition) is 2. The van der Waals surface area contributed by atoms with E-state index in [0.717, 1.165) is 18.2 Å². The van der Waals surface area contributed by atoms with Gasteiger partial charge in [0.15, 0.2) is 0 Å². The normalized spacial score (nSPS) is 25.8. The molecule has 0 spiro atoms. The molecule has 19 heavy (non-hydrogen) atoms. The summed E-state index contributed by atoms with van der Waals surface area (Å²) >= 11 is 0. The van der Waals surface area contributed by atoms with Crippen LogP contribution in [0.25, 0.3) is 0 Å². The van der Waals surface area contributed by atoms with Gasteiger partial charge in [-0.3, -0.25) is 0 Å². The Morgan fingerprint density at radius 2 is 2.00 bits per heavy atom. The summed E-state index contributed by atoms with van der Waals surface area (Å²) < 4.78 is 40.8. The van der Waals surface area contributed by atoms with Crippen LogP contribution in [0.2, 0.25) is 0 Å². The van der Waals surface area contributed by atoms with Gasteiger partial charge < -0.3 is 10.4 Å². The largest absolute Gasteiger partial charge is 0.479 e. The molecule has 0 aliphatic heterocycles. The van der Waals surface area contributed by atoms with E-state index in [9.17, 15) is 18.0 Å². The molecule has 0 amide bonds. The molecule has 0 saturated carbocycles. The Bertz CT molecular complexity index is 571. The Morgan fingerprint density at radius 1 is 1.32 bits per heavy atom. The van der Waals surface area contributed by atoms with Gasteiger partial charge in [-0.05, 0) is 30.4 Å². The quantitative estimate of drug-likeness (QED) is 0.887. The van der Waals surface area contributed by atoms with Gasteiger partial charge in [0.25, 0.3) is 0 Å². The Hall–Kier alpha value is -2.24. The van der Waals surface area contributed by atoms with E-state index in [-0.39, 0.29) is 5.69 Å². The average Bonchev–Trinajstić information content (AvgIpc) is 2.36. The van der Waals surface area contributed by atoms with Crippen molar-refractivity contribution in [2.45, 2.75) is 11.7 Å². The van der Waals surface area contributed by atoms with Crippen LogP contribution >= 0.6 is 0 Å². The second kappa shape index (κ2) is 4.79. The van der Waals surface area contributed by atoms with Crippen molar-refractivity contribution in [2.75, 3.05) is 5.32 Å². The van der Waals surface area contributed by atoms with Gasteiger partial charge in [-0.2, -0.15) is 0 Å². The summed E-state index contributed by atoms with van der Waals surface area (Å²) in [5.41, 5.74) is -2.94. The molecular weight excluding hydrogens is 259 g/mol. The zero-order valence-electron chi connectivity index (χ0n) is 9.61. The molecule has 2 N–H and O–H groups in total. The molecule has 0 radical (unpaired) electrons. The lowest BCUT2D eigenvalue weighted by atomic mass is 9.91. The third-order valence-corrected chi connectivity index (χ3v) is 2.78. The van der Waals surface area contributed by atoms with Crippen molar-refractivity contribution in [3.63, 3.8) is 0 Å². The van der Waals surface area contributed by atoms with Crippen LogP contribution in [0.3, 0.4) is 0 Å². The molecule has 2 unspecified atom stereocenters. The summed E-state index contributed by atoms with van der Waals surface area (Å²) in [5, 5.41) is 11.2. The maximum atomic E-state index is 14.3. The smallest absolute Gasteiger partial charge is 0.348 e. The highest BCUT2D eigenvalue weighted by atomic mass is 19.1. The standard InChI is InChI=1S/C13H10F3NO2/c14-8-5-6-13(16,12(18)19)11(7-8)17-10-4-2-1-3-9(10)15/h1-7,11,17H,(H,18,19). The van der Waals surface area contributed by atoms with E-state index in [2.05, 4.69) is 5.32 Å². The molecule has 0 saturated heterocycles. The highest BCUT2D eigenvalue weighted by Gasteiger charge is 2.45. The minimum absolute atomic E-state index is 0.102. The lowest BCUT2D eigenvalue weighted by Crippen LogP contribution is -2.48. The monoisotopic (exact) mass is 269 g/mol. The molecule has 1 aliphatic carbocycles. The van der Waals surface area contributed by atoms with Crippen molar-refractivity contribution in [3.05, 3.63) is 54.1 Å². The zero-order chi connectivity index (χ0) is 14.0. The predicted octanol–water partition coefficient (Wildman–Crippen LogP) is 2.82. The van der Waals surface area contributed by atoms with E-state index in [4.69, 9.17) is 5.11 Å². The molecule has 0 bridgehead atoms. The molecule has 0 heterocycles. The van der Waals surface area contributed by atoms with Gasteiger partial charge in [0.2, 0.25) is 5.67 Å². The summed E-state index contributed by atoms with van der Waals surface area (Å²) in [6.07, 6.45) is 2.09. The highest BCUT2D eigenvalue weighted by Crippen LogP contribution is 2.30. The Labute approximate surface area is 107 Å². The molecular formula is C13H10F3NO2. The van der Waals surface area contributed by atoms with E-state index >= 15 is 0 Å². The van der Waals surface area contributed by atoms with Gasteiger partial charge in [0.1, 0.15) is 11.6 Å². The number of allylic oxidation sites excluding steroid dienone is 2. The third kappa shape index (κ3) is 2.47. The van der Waals surface area contributed by atoms with Crippen LogP contribution in [-0.4, -0.2) is 22.8 Å². The lowest BCUT2D eigenvalue weighted by Gasteiger charge is -2.29. The molecule has 1 aromatic carbocycles. The van der Waals surface area contributed by atoms with E-state index in [1.54, 1.807) is 0 Å². The van der Waals surface area contributed by atoms with E-state index in [1.165, 1.54) is 18.2 Å². The van der Waals surface area contributed by atoms with Gasteiger partial charge in [-0.1, -0.05) is 12.1 Å². The van der Waals surface area contributed by atoms with E-state index < -0.39 is 29.3 Å². The van der Waals surface area contributed by atoms with Gasteiger partial charge >= 0.3 is 5.97 Å². The molecule has 1 aliphatic rings. The van der Waals surface area contributed by atoms with Gasteiger partial charge in [0, 0.05) is 0 Å². The van der Waals surface area contributed by atoms with Crippen LogP contribution in [-0.2, 0) is 4.79 Å². The van der Waals surface area contributed by atoms with Crippen LogP contribution in [0.15, 0.2) is 48.3 Å². The number of carboxylic acid groups (broad SMARTS) is 1. The number of halogens is 3. The first-order valence-electron chi connectivity index (χ1n) is 5.43. The topological polar surface area (TPSA) is 49.3 Å². The van der Waals surface area contributed by atoms with Crippen LogP contribution < -0.4 is 5.32 Å². The Morgan fingerprint density at radius 3 is 2.63 bits per heavy atom. The van der Waals surface area contributed by atoms with Gasteiger partial charge in [0.05, 0.1) is 11.7 Å². The van der Waals surface area contributed by atoms with Crippen molar-refractivity contribution in [2.24, 2.45) is 0 Å². The van der Waals surface area contributed by atoms with Crippen molar-refractivity contribution >= 4 is 11.7 Å². The summed E-state index contributed by atoms with van der Waals surface area (Å²) in [6, 6.07) is 3.82. The van der Waals surface area contributed by atoms with Crippen molar-refractivity contribution in [1.82, 2.24) is 0 Å². The first kappa shape index (κ1) is 13.2. The molecule has 6 heteroatoms. The second-order valence-corrected chi connectivity index (χ2v) is 4.06. The van der Waals surface area contributed by atoms with E-state index in [1.807, 2.05) is 0 Å². The highest BCUT2D eigenvalue weighted by molar-refractivity contribution is 5.83. The fourth-order valence-corrected chi connectivity index (χ4v) is 1.74. The van der Waals surface area contributed by atoms with Crippen molar-refractivity contribution < 1.29 is 23.1 Å². The fraction of sp³-hybridized carbons (Fsp3) is 0.154. The van der Waals surface area contributed by atoms with Crippen LogP contribution in [0.4, 0.5) is 18.9 Å². The number of hydrogen-bond donors (Lipinski definition) is 2. The summed E-state index contributed by atoms with van der Waals surface area (Å²) in [4.78, 5) is 11.0. The van der Waals surface area contributed by atoms with E-state index in [0.29, 0.717) is 6.08 Å². The average molecular weight is 269 g/mol. The lowest BCUT2D eigenvalue weighted by molar-refractivity contribution is -0.147. The van der Waals surface area contributed by atoms with Crippen LogP contribution in [0, 0.1) is 5.82 Å². The van der Waals surface area contributed by atoms with Crippen molar-refractivity contribution in [3.8, 4) is 0 Å². The Balaban J connectivity index is 2.34. The molecule has 3 nitrogen and oxygen atoms in total. The molecule has 2 rings (SSSR count). The third-order valence-electron chi connectivity index (χ3n) is 2.78. The first-order valence-corrected chi connectivity index (χ1v) is 5.43. The van der Waals surface area contributed by atoms with Gasteiger partial charge in [-0.15, -0.1) is 0 Å². The molecule has 2 atom stereocenters. The summed E-state index contributed by atoms with van der Waals surface area (Å²) in [6.45, 7) is 0. The van der Waals surface area contributed by atoms with Gasteiger partial charge in [-0.25, -0.2) is 18.0 Å². The molecule has 100 valence electrons. The number of aliphatic carboxylic acids is 1. The molecule has 1 aromatic rings. The minimum atomic E-state index is -2.84. The number of alkyl halides is 1. The zero-order valence-corrected chi connectivity index (χ0v) is 9.61. The Kier molecular flexibility index (Phi) is 3.33. The number of benzene rings is 1.